The average Bonchev–Trinajstić information content (AvgIpc) is 2.15. The van der Waals surface area contributed by atoms with E-state index in [0.29, 0.717) is 17.9 Å². The van der Waals surface area contributed by atoms with Gasteiger partial charge in [-0.15, -0.1) is 0 Å². The Morgan fingerprint density at radius 3 is 2.93 bits per heavy atom. The molecule has 0 unspecified atom stereocenters. The van der Waals surface area contributed by atoms with Gasteiger partial charge in [0.2, 0.25) is 5.91 Å². The van der Waals surface area contributed by atoms with Gasteiger partial charge in [-0.2, -0.15) is 0 Å². The number of pyridine rings is 1. The van der Waals surface area contributed by atoms with Crippen LogP contribution < -0.4 is 5.73 Å². The summed E-state index contributed by atoms with van der Waals surface area (Å²) >= 11 is 0. The van der Waals surface area contributed by atoms with Crippen LogP contribution in [-0.4, -0.2) is 21.4 Å². The Hall–Kier alpha value is -1.23. The van der Waals surface area contributed by atoms with Gasteiger partial charge in [0.1, 0.15) is 5.03 Å². The summed E-state index contributed by atoms with van der Waals surface area (Å²) in [4.78, 5) is 14.5. The summed E-state index contributed by atoms with van der Waals surface area (Å²) in [6.45, 7) is 0. The standard InChI is InChI=1S/C9H12N2O2S/c1-14(13)9-6-7(4-5-11-9)2-3-8(10)12/h4-6H,2-3H2,1H3,(H2,10,12)/t14-/m1/s1. The number of hydrogen-bond donors (Lipinski definition) is 1. The number of rotatable bonds is 4. The van der Waals surface area contributed by atoms with Crippen molar-refractivity contribution in [3.8, 4) is 0 Å². The van der Waals surface area contributed by atoms with Crippen LogP contribution in [0.4, 0.5) is 0 Å². The summed E-state index contributed by atoms with van der Waals surface area (Å²) in [6.07, 6.45) is 4.04. The van der Waals surface area contributed by atoms with E-state index in [1.165, 1.54) is 0 Å². The van der Waals surface area contributed by atoms with Crippen molar-refractivity contribution in [2.45, 2.75) is 17.9 Å². The van der Waals surface area contributed by atoms with E-state index in [9.17, 15) is 9.00 Å². The van der Waals surface area contributed by atoms with Crippen LogP contribution in [0.15, 0.2) is 23.4 Å². The molecule has 0 spiro atoms. The van der Waals surface area contributed by atoms with Gasteiger partial charge >= 0.3 is 0 Å². The molecule has 0 saturated heterocycles. The molecule has 1 rings (SSSR count). The van der Waals surface area contributed by atoms with Gasteiger partial charge in [-0.1, -0.05) is 0 Å². The molecule has 0 saturated carbocycles. The number of carbonyl (C=O) groups excluding carboxylic acids is 1. The first kappa shape index (κ1) is 10.8. The minimum atomic E-state index is -1.08. The zero-order valence-corrected chi connectivity index (χ0v) is 8.71. The van der Waals surface area contributed by atoms with Gasteiger partial charge in [0.25, 0.3) is 0 Å². The van der Waals surface area contributed by atoms with E-state index in [1.54, 1.807) is 24.6 Å². The van der Waals surface area contributed by atoms with Crippen molar-refractivity contribution in [2.24, 2.45) is 5.73 Å². The fraction of sp³-hybridized carbons (Fsp3) is 0.333. The normalized spacial score (nSPS) is 12.4. The van der Waals surface area contributed by atoms with Crippen molar-refractivity contribution in [1.29, 1.82) is 0 Å². The van der Waals surface area contributed by atoms with E-state index in [0.717, 1.165) is 5.56 Å². The number of aryl methyl sites for hydroxylation is 1. The monoisotopic (exact) mass is 212 g/mol. The largest absolute Gasteiger partial charge is 0.370 e. The molecule has 5 heteroatoms. The highest BCUT2D eigenvalue weighted by Crippen LogP contribution is 2.07. The molecule has 4 nitrogen and oxygen atoms in total. The number of primary amides is 1. The second-order valence-corrected chi connectivity index (χ2v) is 4.25. The van der Waals surface area contributed by atoms with Gasteiger partial charge in [0.15, 0.2) is 0 Å². The van der Waals surface area contributed by atoms with Gasteiger partial charge in [-0.25, -0.2) is 4.98 Å². The smallest absolute Gasteiger partial charge is 0.217 e. The molecular formula is C9H12N2O2S. The number of nitrogens with two attached hydrogens (primary N) is 1. The molecule has 14 heavy (non-hydrogen) atoms. The molecule has 0 aromatic carbocycles. The maximum Gasteiger partial charge on any atom is 0.217 e. The quantitative estimate of drug-likeness (QED) is 0.776. The van der Waals surface area contributed by atoms with Crippen LogP contribution in [0.3, 0.4) is 0 Å². The highest BCUT2D eigenvalue weighted by Gasteiger charge is 2.02. The second kappa shape index (κ2) is 4.85. The first-order valence-corrected chi connectivity index (χ1v) is 5.72. The second-order valence-electron chi connectivity index (χ2n) is 2.92. The Balaban J connectivity index is 2.73. The predicted octanol–water partition coefficient (Wildman–Crippen LogP) is 0.237. The topological polar surface area (TPSA) is 73.1 Å². The van der Waals surface area contributed by atoms with Crippen LogP contribution in [0.5, 0.6) is 0 Å². The van der Waals surface area contributed by atoms with Gasteiger partial charge in [0, 0.05) is 18.9 Å². The fourth-order valence-electron chi connectivity index (χ4n) is 1.03. The lowest BCUT2D eigenvalue weighted by atomic mass is 10.1. The molecule has 76 valence electrons. The number of aromatic nitrogens is 1. The van der Waals surface area contributed by atoms with Gasteiger partial charge in [0.05, 0.1) is 10.8 Å². The lowest BCUT2D eigenvalue weighted by Crippen LogP contribution is -2.11. The summed E-state index contributed by atoms with van der Waals surface area (Å²) in [5, 5.41) is 0.534. The number of hydrogen-bond acceptors (Lipinski definition) is 3. The summed E-state index contributed by atoms with van der Waals surface area (Å²) in [6, 6.07) is 3.53. The first-order valence-electron chi connectivity index (χ1n) is 4.16. The molecule has 0 radical (unpaired) electrons. The molecule has 1 aromatic heterocycles. The molecule has 0 aliphatic carbocycles. The first-order chi connectivity index (χ1) is 6.59. The Morgan fingerprint density at radius 2 is 2.36 bits per heavy atom. The number of nitrogens with zero attached hydrogens (tertiary/aromatic N) is 1. The van der Waals surface area contributed by atoms with Crippen molar-refractivity contribution in [3.05, 3.63) is 23.9 Å². The van der Waals surface area contributed by atoms with E-state index in [2.05, 4.69) is 4.98 Å². The maximum atomic E-state index is 11.1. The molecule has 1 atom stereocenters. The van der Waals surface area contributed by atoms with Crippen molar-refractivity contribution in [3.63, 3.8) is 0 Å². The molecule has 0 bridgehead atoms. The number of carbonyl (C=O) groups is 1. The molecule has 1 heterocycles. The predicted molar refractivity (Wildman–Crippen MR) is 54.1 cm³/mol. The summed E-state index contributed by atoms with van der Waals surface area (Å²) in [5.74, 6) is -0.332. The zero-order valence-electron chi connectivity index (χ0n) is 7.90. The Kier molecular flexibility index (Phi) is 3.76. The minimum absolute atomic E-state index is 0.305. The zero-order chi connectivity index (χ0) is 10.6. The Labute approximate surface area is 85.0 Å². The molecule has 0 aliphatic heterocycles. The lowest BCUT2D eigenvalue weighted by molar-refractivity contribution is -0.117. The molecule has 1 aromatic rings. The van der Waals surface area contributed by atoms with Crippen LogP contribution >= 0.6 is 0 Å². The van der Waals surface area contributed by atoms with E-state index >= 15 is 0 Å². The summed E-state index contributed by atoms with van der Waals surface area (Å²) in [7, 11) is -1.08. The minimum Gasteiger partial charge on any atom is -0.370 e. The molecule has 0 fully saturated rings. The third-order valence-electron chi connectivity index (χ3n) is 1.75. The van der Waals surface area contributed by atoms with Gasteiger partial charge in [-0.05, 0) is 24.1 Å². The van der Waals surface area contributed by atoms with Crippen molar-refractivity contribution in [2.75, 3.05) is 6.26 Å². The summed E-state index contributed by atoms with van der Waals surface area (Å²) in [5.41, 5.74) is 5.96. The van der Waals surface area contributed by atoms with Crippen molar-refractivity contribution >= 4 is 16.7 Å². The van der Waals surface area contributed by atoms with Gasteiger partial charge in [-0.3, -0.25) is 9.00 Å². The third-order valence-corrected chi connectivity index (χ3v) is 2.57. The van der Waals surface area contributed by atoms with Crippen LogP contribution in [0.1, 0.15) is 12.0 Å². The molecule has 0 aliphatic rings. The van der Waals surface area contributed by atoms with E-state index in [1.807, 2.05) is 0 Å². The lowest BCUT2D eigenvalue weighted by Gasteiger charge is -2.00. The van der Waals surface area contributed by atoms with E-state index in [-0.39, 0.29) is 5.91 Å². The summed E-state index contributed by atoms with van der Waals surface area (Å²) < 4.78 is 11.1. The molecule has 2 N–H and O–H groups in total. The van der Waals surface area contributed by atoms with Crippen LogP contribution in [0.2, 0.25) is 0 Å². The highest BCUT2D eigenvalue weighted by molar-refractivity contribution is 7.84. The molecule has 1 amide bonds. The average molecular weight is 212 g/mol. The van der Waals surface area contributed by atoms with Gasteiger partial charge < -0.3 is 5.73 Å². The maximum absolute atomic E-state index is 11.1. The van der Waals surface area contributed by atoms with Crippen LogP contribution in [-0.2, 0) is 22.0 Å². The van der Waals surface area contributed by atoms with Crippen LogP contribution in [0, 0.1) is 0 Å². The van der Waals surface area contributed by atoms with E-state index in [4.69, 9.17) is 5.73 Å². The number of amides is 1. The van der Waals surface area contributed by atoms with E-state index < -0.39 is 10.8 Å². The Morgan fingerprint density at radius 1 is 1.64 bits per heavy atom. The van der Waals surface area contributed by atoms with Crippen molar-refractivity contribution < 1.29 is 9.00 Å². The Bertz CT molecular complexity index is 366. The SMILES string of the molecule is C[S@@](=O)c1cc(CCC(N)=O)ccn1. The highest BCUT2D eigenvalue weighted by atomic mass is 32.2. The van der Waals surface area contributed by atoms with Crippen LogP contribution in [0.25, 0.3) is 0 Å². The third kappa shape index (κ3) is 3.26. The fourth-order valence-corrected chi connectivity index (χ4v) is 1.56. The van der Waals surface area contributed by atoms with Crippen molar-refractivity contribution in [1.82, 2.24) is 4.98 Å². The molecular weight excluding hydrogens is 200 g/mol.